The molecule has 58 heavy (non-hydrogen) atoms. The first-order chi connectivity index (χ1) is 28.8. The molecule has 0 saturated carbocycles. The first-order valence-electron chi connectivity index (χ1n) is 19.6. The highest BCUT2D eigenvalue weighted by Crippen LogP contribution is 2.45. The Morgan fingerprint density at radius 1 is 0.552 bits per heavy atom. The number of hydrogen-bond acceptors (Lipinski definition) is 8. The van der Waals surface area contributed by atoms with Gasteiger partial charge in [-0.25, -0.2) is 15.0 Å². The van der Waals surface area contributed by atoms with Crippen LogP contribution >= 0.6 is 0 Å². The Labute approximate surface area is 336 Å². The summed E-state index contributed by atoms with van der Waals surface area (Å²) in [6.07, 6.45) is 1.47. The lowest BCUT2D eigenvalue weighted by atomic mass is 9.77. The molecule has 10 rings (SSSR count). The third kappa shape index (κ3) is 6.16. The molecule has 0 radical (unpaired) electrons. The topological polar surface area (TPSA) is 92.6 Å². The quantitative estimate of drug-likeness (QED) is 0.124. The summed E-state index contributed by atoms with van der Waals surface area (Å²) in [7, 11) is 0. The van der Waals surface area contributed by atoms with E-state index in [1.54, 1.807) is 12.7 Å². The van der Waals surface area contributed by atoms with Gasteiger partial charge < -0.3 is 24.3 Å². The number of nitrogens with one attached hydrogen (secondary N) is 1. The fraction of sp³-hybridized carbons (Fsp3) is 0.163. The predicted octanol–water partition coefficient (Wildman–Crippen LogP) is 8.88. The van der Waals surface area contributed by atoms with Crippen molar-refractivity contribution >= 4 is 17.0 Å². The van der Waals surface area contributed by atoms with Crippen molar-refractivity contribution in [3.63, 3.8) is 0 Å². The summed E-state index contributed by atoms with van der Waals surface area (Å²) >= 11 is 0. The molecule has 6 aromatic carbocycles. The first kappa shape index (κ1) is 35.9. The van der Waals surface area contributed by atoms with E-state index in [1.807, 2.05) is 77.4 Å². The number of ether oxygens (including phenoxy) is 4. The Morgan fingerprint density at radius 3 is 1.48 bits per heavy atom. The van der Waals surface area contributed by atoms with Gasteiger partial charge in [-0.1, -0.05) is 182 Å². The van der Waals surface area contributed by atoms with Gasteiger partial charge in [0, 0.05) is 0 Å². The van der Waals surface area contributed by atoms with Crippen LogP contribution in [-0.2, 0) is 30.1 Å². The van der Waals surface area contributed by atoms with E-state index >= 15 is 0 Å². The molecular formula is C49H41N5O4. The summed E-state index contributed by atoms with van der Waals surface area (Å²) in [5.41, 5.74) is 5.67. The normalized spacial score (nSPS) is 19.2. The van der Waals surface area contributed by atoms with Gasteiger partial charge in [0.25, 0.3) is 0 Å². The van der Waals surface area contributed by atoms with Crippen LogP contribution in [0.15, 0.2) is 195 Å². The second-order valence-corrected chi connectivity index (χ2v) is 14.6. The third-order valence-corrected chi connectivity index (χ3v) is 11.4. The monoisotopic (exact) mass is 763 g/mol. The molecule has 8 aromatic rings. The maximum atomic E-state index is 7.21. The second kappa shape index (κ2) is 15.5. The zero-order valence-corrected chi connectivity index (χ0v) is 31.6. The van der Waals surface area contributed by atoms with E-state index in [-0.39, 0.29) is 19.5 Å². The number of nitrogens with zero attached hydrogens (tertiary/aromatic N) is 4. The van der Waals surface area contributed by atoms with E-state index in [1.165, 1.54) is 0 Å². The molecule has 0 unspecified atom stereocenters. The summed E-state index contributed by atoms with van der Waals surface area (Å²) in [6, 6.07) is 62.3. The smallest absolute Gasteiger partial charge is 0.167 e. The van der Waals surface area contributed by atoms with Crippen molar-refractivity contribution in [1.82, 2.24) is 19.5 Å². The van der Waals surface area contributed by atoms with Crippen LogP contribution in [0, 0.1) is 0 Å². The molecule has 1 N–H and O–H groups in total. The van der Waals surface area contributed by atoms with Gasteiger partial charge in [-0.15, -0.1) is 0 Å². The van der Waals surface area contributed by atoms with Crippen molar-refractivity contribution in [3.8, 4) is 0 Å². The van der Waals surface area contributed by atoms with Crippen LogP contribution in [-0.4, -0.2) is 51.2 Å². The predicted molar refractivity (Wildman–Crippen MR) is 222 cm³/mol. The summed E-state index contributed by atoms with van der Waals surface area (Å²) < 4.78 is 28.5. The number of benzene rings is 6. The lowest BCUT2D eigenvalue weighted by Gasteiger charge is -2.37. The van der Waals surface area contributed by atoms with Crippen molar-refractivity contribution in [1.29, 1.82) is 0 Å². The number of fused-ring (bicyclic) bond motifs is 2. The molecular weight excluding hydrogens is 723 g/mol. The largest absolute Gasteiger partial charge is 0.358 e. The Bertz CT molecular complexity index is 2390. The minimum Gasteiger partial charge on any atom is -0.358 e. The lowest BCUT2D eigenvalue weighted by Crippen LogP contribution is -2.39. The molecule has 4 atom stereocenters. The number of rotatable bonds is 12. The average Bonchev–Trinajstić information content (AvgIpc) is 4.05. The van der Waals surface area contributed by atoms with Crippen molar-refractivity contribution in [2.24, 2.45) is 0 Å². The molecule has 2 aromatic heterocycles. The third-order valence-electron chi connectivity index (χ3n) is 11.4. The molecule has 2 aliphatic rings. The zero-order chi connectivity index (χ0) is 38.8. The van der Waals surface area contributed by atoms with Crippen LogP contribution in [0.25, 0.3) is 11.2 Å². The Kier molecular flexibility index (Phi) is 9.56. The van der Waals surface area contributed by atoms with Gasteiger partial charge >= 0.3 is 0 Å². The van der Waals surface area contributed by atoms with Gasteiger partial charge in [-0.3, -0.25) is 4.57 Å². The van der Waals surface area contributed by atoms with Crippen molar-refractivity contribution in [2.45, 2.75) is 35.7 Å². The molecule has 9 heteroatoms. The van der Waals surface area contributed by atoms with Gasteiger partial charge in [-0.2, -0.15) is 0 Å². The van der Waals surface area contributed by atoms with Gasteiger partial charge in [0.15, 0.2) is 23.2 Å². The van der Waals surface area contributed by atoms with Crippen LogP contribution in [0.3, 0.4) is 0 Å². The fourth-order valence-corrected chi connectivity index (χ4v) is 8.71. The van der Waals surface area contributed by atoms with Gasteiger partial charge in [0.2, 0.25) is 0 Å². The molecule has 2 fully saturated rings. The van der Waals surface area contributed by atoms with Crippen molar-refractivity contribution in [3.05, 3.63) is 228 Å². The molecule has 2 aliphatic heterocycles. The summed E-state index contributed by atoms with van der Waals surface area (Å²) in [4.78, 5) is 14.5. The van der Waals surface area contributed by atoms with Crippen LogP contribution in [0.4, 0.5) is 5.82 Å². The summed E-state index contributed by atoms with van der Waals surface area (Å²) in [5.74, 6) is 0.580. The second-order valence-electron chi connectivity index (χ2n) is 14.6. The highest BCUT2D eigenvalue weighted by molar-refractivity contribution is 5.84. The minimum absolute atomic E-state index is 0.148. The minimum atomic E-state index is -0.918. The molecule has 2 saturated heterocycles. The molecule has 9 nitrogen and oxygen atoms in total. The van der Waals surface area contributed by atoms with Crippen LogP contribution in [0.2, 0.25) is 0 Å². The number of hydrogen-bond donors (Lipinski definition) is 1. The molecule has 4 heterocycles. The van der Waals surface area contributed by atoms with Gasteiger partial charge in [0.1, 0.15) is 42.6 Å². The first-order valence-corrected chi connectivity index (χ1v) is 19.6. The highest BCUT2D eigenvalue weighted by atomic mass is 16.7. The maximum Gasteiger partial charge on any atom is 0.167 e. The Hall–Kier alpha value is -6.49. The van der Waals surface area contributed by atoms with Crippen LogP contribution in [0.1, 0.15) is 39.6 Å². The number of imidazole rings is 1. The van der Waals surface area contributed by atoms with Gasteiger partial charge in [-0.05, 0) is 33.4 Å². The van der Waals surface area contributed by atoms with Gasteiger partial charge in [0.05, 0.1) is 12.9 Å². The standard InChI is InChI=1S/C49H41N5O4/c1-7-19-35(20-8-1)48(36-21-9-2-10-22-36,37-23-11-3-12-24-37)53-45-42-46(51-32-50-45)54(33-52-42)47-44-43(55-34-56-44)41(58-47)31-57-49(38-25-13-4-14-26-38,39-27-15-5-16-28-39)40-29-17-6-18-30-40/h1-30,32-33,41,43-44,47H,31,34H2,(H,50,51,53)/t41-,43-,44-,47-/m1/s1. The fourth-order valence-electron chi connectivity index (χ4n) is 8.71. The van der Waals surface area contributed by atoms with E-state index in [0.717, 1.165) is 33.4 Å². The van der Waals surface area contributed by atoms with Crippen LogP contribution < -0.4 is 5.32 Å². The highest BCUT2D eigenvalue weighted by Gasteiger charge is 2.52. The van der Waals surface area contributed by atoms with Crippen LogP contribution in [0.5, 0.6) is 0 Å². The molecule has 0 aliphatic carbocycles. The van der Waals surface area contributed by atoms with Crippen molar-refractivity contribution < 1.29 is 18.9 Å². The molecule has 0 bridgehead atoms. The van der Waals surface area contributed by atoms with E-state index < -0.39 is 29.6 Å². The average molecular weight is 764 g/mol. The zero-order valence-electron chi connectivity index (χ0n) is 31.6. The van der Waals surface area contributed by atoms with Crippen molar-refractivity contribution in [2.75, 3.05) is 18.7 Å². The van der Waals surface area contributed by atoms with E-state index in [2.05, 4.69) is 115 Å². The SMILES string of the molecule is c1ccc(C(Nc2ncnc3c2ncn3[C@@H]2O[C@H](COC(c3ccccc3)(c3ccccc3)c3ccccc3)[C@H]3OCO[C@H]32)(c2ccccc2)c2ccccc2)cc1. The molecule has 0 amide bonds. The number of anilines is 1. The Morgan fingerprint density at radius 2 is 1.00 bits per heavy atom. The van der Waals surface area contributed by atoms with E-state index in [4.69, 9.17) is 33.9 Å². The lowest BCUT2D eigenvalue weighted by molar-refractivity contribution is -0.129. The maximum absolute atomic E-state index is 7.21. The molecule has 0 spiro atoms. The number of aromatic nitrogens is 4. The van der Waals surface area contributed by atoms with E-state index in [9.17, 15) is 0 Å². The summed E-state index contributed by atoms with van der Waals surface area (Å²) in [5, 5.41) is 3.88. The van der Waals surface area contributed by atoms with E-state index in [0.29, 0.717) is 17.0 Å². The molecule has 286 valence electrons. The Balaban J connectivity index is 1.01. The summed E-state index contributed by atoms with van der Waals surface area (Å²) in [6.45, 7) is 0.372.